The number of ether oxygens (including phenoxy) is 2. The average Bonchev–Trinajstić information content (AvgIpc) is 3.44. The van der Waals surface area contributed by atoms with E-state index in [1.54, 1.807) is 66.7 Å². The highest BCUT2D eigenvalue weighted by Crippen LogP contribution is 2.45. The van der Waals surface area contributed by atoms with Crippen LogP contribution < -0.4 is 15.6 Å². The maximum atomic E-state index is 14.3. The zero-order valence-corrected chi connectivity index (χ0v) is 27.4. The number of amides is 1. The third-order valence-corrected chi connectivity index (χ3v) is 8.30. The van der Waals surface area contributed by atoms with E-state index in [1.165, 1.54) is 6.07 Å². The molecule has 0 saturated heterocycles. The summed E-state index contributed by atoms with van der Waals surface area (Å²) in [7, 11) is 0. The van der Waals surface area contributed by atoms with Crippen molar-refractivity contribution in [3.8, 4) is 5.75 Å². The van der Waals surface area contributed by atoms with Gasteiger partial charge in [-0.1, -0.05) is 59.6 Å². The Morgan fingerprint density at radius 2 is 1.54 bits per heavy atom. The Labute approximate surface area is 292 Å². The van der Waals surface area contributed by atoms with Crippen molar-refractivity contribution in [1.29, 1.82) is 0 Å². The molecule has 0 bridgehead atoms. The quantitative estimate of drug-likeness (QED) is 0.0776. The Balaban J connectivity index is 1.52. The van der Waals surface area contributed by atoms with Crippen LogP contribution in [0.3, 0.4) is 0 Å². The number of rotatable bonds is 12. The van der Waals surface area contributed by atoms with Crippen LogP contribution in [0, 0.1) is 0 Å². The second kappa shape index (κ2) is 15.3. The molecule has 1 aliphatic rings. The molecule has 5 rings (SSSR count). The molecule has 4 aromatic carbocycles. The van der Waals surface area contributed by atoms with E-state index in [-0.39, 0.29) is 42.2 Å². The van der Waals surface area contributed by atoms with E-state index in [0.29, 0.717) is 46.0 Å². The molecule has 0 unspecified atom stereocenters. The second-order valence-electron chi connectivity index (χ2n) is 11.3. The van der Waals surface area contributed by atoms with Gasteiger partial charge in [-0.25, -0.2) is 10.4 Å². The van der Waals surface area contributed by atoms with Crippen LogP contribution in [0.25, 0.3) is 0 Å². The minimum Gasteiger partial charge on any atom is -0.494 e. The lowest BCUT2D eigenvalue weighted by Crippen LogP contribution is -2.53. The summed E-state index contributed by atoms with van der Waals surface area (Å²) in [5.74, 6) is -0.236. The number of hydrazine groups is 1. The minimum atomic E-state index is -5.04. The molecule has 0 saturated carbocycles. The van der Waals surface area contributed by atoms with Crippen molar-refractivity contribution in [1.82, 2.24) is 10.9 Å². The molecule has 50 heavy (non-hydrogen) atoms. The molecule has 1 heterocycles. The van der Waals surface area contributed by atoms with Gasteiger partial charge in [-0.2, -0.15) is 26.3 Å². The van der Waals surface area contributed by atoms with Gasteiger partial charge in [0.15, 0.2) is 11.6 Å². The van der Waals surface area contributed by atoms with E-state index in [9.17, 15) is 31.1 Å². The molecular weight excluding hydrogens is 711 g/mol. The predicted octanol–water partition coefficient (Wildman–Crippen LogP) is 8.11. The standard InChI is InChI=1S/C35H29Cl2F6N3O4/c36-26-9-12-28(29(37)18-26)30-33(19-21-5-2-1-3-6-21,45-31(50-30)23-7-10-27(11-8-23)49-14-4-13-47)32(48)46-44-20-22-15-24(34(38,39)40)17-25(16-22)35(41,42)43/h1-3,5-12,15-18,30,44,47H,4,13-14,19-20H2,(H,46,48)/t30-,33-/m0/s1. The van der Waals surface area contributed by atoms with Crippen LogP contribution in [0.2, 0.25) is 10.0 Å². The van der Waals surface area contributed by atoms with E-state index < -0.39 is 47.6 Å². The molecule has 2 atom stereocenters. The van der Waals surface area contributed by atoms with Gasteiger partial charge in [0.05, 0.1) is 17.7 Å². The normalized spacial score (nSPS) is 17.6. The third kappa shape index (κ3) is 8.70. The number of nitrogens with zero attached hydrogens (tertiary/aromatic N) is 1. The molecule has 0 fully saturated rings. The van der Waals surface area contributed by atoms with Gasteiger partial charge in [-0.05, 0) is 65.7 Å². The summed E-state index contributed by atoms with van der Waals surface area (Å²) in [5, 5.41) is 9.50. The smallest absolute Gasteiger partial charge is 0.416 e. The van der Waals surface area contributed by atoms with E-state index in [2.05, 4.69) is 10.9 Å². The first-order chi connectivity index (χ1) is 23.7. The molecule has 4 aromatic rings. The highest BCUT2D eigenvalue weighted by Gasteiger charge is 2.54. The molecular formula is C35H29Cl2F6N3O4. The molecule has 0 spiro atoms. The van der Waals surface area contributed by atoms with Crippen LogP contribution in [0.4, 0.5) is 26.3 Å². The lowest BCUT2D eigenvalue weighted by atomic mass is 9.82. The van der Waals surface area contributed by atoms with E-state index >= 15 is 0 Å². The fourth-order valence-corrected chi connectivity index (χ4v) is 5.84. The van der Waals surface area contributed by atoms with Gasteiger partial charge in [0, 0.05) is 47.2 Å². The van der Waals surface area contributed by atoms with E-state index in [0.717, 1.165) is 0 Å². The Bertz CT molecular complexity index is 1810. The summed E-state index contributed by atoms with van der Waals surface area (Å²) < 4.78 is 92.7. The van der Waals surface area contributed by atoms with Crippen molar-refractivity contribution in [2.45, 2.75) is 43.4 Å². The summed E-state index contributed by atoms with van der Waals surface area (Å²) in [6.07, 6.45) is -10.9. The molecule has 264 valence electrons. The Morgan fingerprint density at radius 3 is 2.14 bits per heavy atom. The van der Waals surface area contributed by atoms with Crippen molar-refractivity contribution in [2.75, 3.05) is 13.2 Å². The second-order valence-corrected chi connectivity index (χ2v) is 12.2. The third-order valence-electron chi connectivity index (χ3n) is 7.73. The van der Waals surface area contributed by atoms with Crippen LogP contribution >= 0.6 is 23.2 Å². The van der Waals surface area contributed by atoms with Crippen molar-refractivity contribution >= 4 is 35.0 Å². The Morgan fingerprint density at radius 1 is 0.880 bits per heavy atom. The first-order valence-electron chi connectivity index (χ1n) is 15.1. The van der Waals surface area contributed by atoms with Crippen LogP contribution in [-0.4, -0.2) is 35.7 Å². The van der Waals surface area contributed by atoms with E-state index in [4.69, 9.17) is 42.8 Å². The van der Waals surface area contributed by atoms with Crippen LogP contribution in [0.1, 0.15) is 45.9 Å². The lowest BCUT2D eigenvalue weighted by molar-refractivity contribution is -0.143. The van der Waals surface area contributed by atoms with Crippen molar-refractivity contribution in [3.63, 3.8) is 0 Å². The molecule has 7 nitrogen and oxygen atoms in total. The predicted molar refractivity (Wildman–Crippen MR) is 175 cm³/mol. The zero-order valence-electron chi connectivity index (χ0n) is 25.9. The number of carbonyl (C=O) groups excluding carboxylic acids is 1. The fraction of sp³-hybridized carbons (Fsp3) is 0.257. The summed E-state index contributed by atoms with van der Waals surface area (Å²) in [6.45, 7) is -0.343. The Hall–Kier alpha value is -4.30. The average molecular weight is 741 g/mol. The lowest BCUT2D eigenvalue weighted by Gasteiger charge is -2.31. The Kier molecular flexibility index (Phi) is 11.3. The molecule has 0 aromatic heterocycles. The number of aliphatic imine (C=N–C) groups is 1. The van der Waals surface area contributed by atoms with Crippen LogP contribution in [-0.2, 0) is 34.8 Å². The first kappa shape index (κ1) is 37.0. The number of aliphatic hydroxyl groups is 1. The number of hydrogen-bond acceptors (Lipinski definition) is 6. The highest BCUT2D eigenvalue weighted by atomic mass is 35.5. The number of nitrogens with one attached hydrogen (secondary N) is 2. The number of benzene rings is 4. The van der Waals surface area contributed by atoms with Crippen LogP contribution in [0.5, 0.6) is 5.75 Å². The van der Waals surface area contributed by atoms with Crippen molar-refractivity contribution < 1.29 is 45.7 Å². The van der Waals surface area contributed by atoms with Gasteiger partial charge in [0.1, 0.15) is 5.75 Å². The summed E-state index contributed by atoms with van der Waals surface area (Å²) in [4.78, 5) is 19.1. The van der Waals surface area contributed by atoms with Gasteiger partial charge >= 0.3 is 12.4 Å². The largest absolute Gasteiger partial charge is 0.494 e. The number of alkyl halides is 6. The van der Waals surface area contributed by atoms with Gasteiger partial charge in [0.2, 0.25) is 5.90 Å². The van der Waals surface area contributed by atoms with Gasteiger partial charge in [-0.3, -0.25) is 10.2 Å². The number of halogens is 8. The topological polar surface area (TPSA) is 92.2 Å². The molecule has 15 heteroatoms. The minimum absolute atomic E-state index is 0.0251. The van der Waals surface area contributed by atoms with E-state index in [1.807, 2.05) is 0 Å². The molecule has 0 radical (unpaired) electrons. The fourth-order valence-electron chi connectivity index (χ4n) is 5.34. The van der Waals surface area contributed by atoms with Crippen LogP contribution in [0.15, 0.2) is 96.0 Å². The number of carbonyl (C=O) groups is 1. The first-order valence-corrected chi connectivity index (χ1v) is 15.9. The molecule has 1 aliphatic heterocycles. The maximum Gasteiger partial charge on any atom is 0.416 e. The highest BCUT2D eigenvalue weighted by molar-refractivity contribution is 6.35. The monoisotopic (exact) mass is 739 g/mol. The number of hydrogen-bond donors (Lipinski definition) is 3. The summed E-state index contributed by atoms with van der Waals surface area (Å²) in [6, 6.07) is 21.2. The van der Waals surface area contributed by atoms with Gasteiger partial charge in [0.25, 0.3) is 5.91 Å². The summed E-state index contributed by atoms with van der Waals surface area (Å²) >= 11 is 12.8. The van der Waals surface area contributed by atoms with Gasteiger partial charge < -0.3 is 14.6 Å². The molecule has 0 aliphatic carbocycles. The van der Waals surface area contributed by atoms with Crippen molar-refractivity contribution in [2.24, 2.45) is 4.99 Å². The molecule has 1 amide bonds. The maximum absolute atomic E-state index is 14.3. The van der Waals surface area contributed by atoms with Crippen molar-refractivity contribution in [3.05, 3.63) is 134 Å². The molecule has 3 N–H and O–H groups in total. The zero-order chi connectivity index (χ0) is 36.1. The number of aliphatic hydroxyl groups excluding tert-OH is 1. The summed E-state index contributed by atoms with van der Waals surface area (Å²) in [5.41, 5.74) is 1.23. The van der Waals surface area contributed by atoms with Gasteiger partial charge in [-0.15, -0.1) is 0 Å². The SMILES string of the molecule is O=C(NNCc1cc(C(F)(F)F)cc(C(F)(F)F)c1)[C@@]1(Cc2ccccc2)N=C(c2ccc(OCCCO)cc2)O[C@H]1c1ccc(Cl)cc1Cl.